The van der Waals surface area contributed by atoms with Gasteiger partial charge in [-0.3, -0.25) is 4.99 Å². The fraction of sp³-hybridized carbons (Fsp3) is 0.474. The Morgan fingerprint density at radius 1 is 1.40 bits per heavy atom. The second-order valence-corrected chi connectivity index (χ2v) is 7.79. The molecule has 0 saturated heterocycles. The zero-order chi connectivity index (χ0) is 18.4. The van der Waals surface area contributed by atoms with Crippen LogP contribution >= 0.6 is 11.3 Å². The van der Waals surface area contributed by atoms with Crippen molar-refractivity contribution in [1.82, 2.24) is 15.2 Å². The summed E-state index contributed by atoms with van der Waals surface area (Å²) >= 11 is 1.67. The molecule has 1 aromatic carbocycles. The number of benzene rings is 1. The summed E-state index contributed by atoms with van der Waals surface area (Å²) < 4.78 is 5.35. The van der Waals surface area contributed by atoms with Crippen LogP contribution in [-0.2, 0) is 12.0 Å². The molecule has 0 atom stereocenters. The molecule has 2 rings (SSSR count). The quantitative estimate of drug-likeness (QED) is 0.633. The Labute approximate surface area is 154 Å². The highest BCUT2D eigenvalue weighted by Gasteiger charge is 2.22. The monoisotopic (exact) mass is 360 g/mol. The SMILES string of the molecule is CN=C(NCC(C)(C)c1cccc(OC)c1)N(C)Cc1csc(C)n1. The van der Waals surface area contributed by atoms with Gasteiger partial charge in [-0.05, 0) is 24.6 Å². The summed E-state index contributed by atoms with van der Waals surface area (Å²) in [4.78, 5) is 11.0. The minimum absolute atomic E-state index is 0.0530. The number of aryl methyl sites for hydroxylation is 1. The molecule has 0 unspecified atom stereocenters. The first-order chi connectivity index (χ1) is 11.9. The molecule has 1 heterocycles. The number of ether oxygens (including phenoxy) is 1. The fourth-order valence-electron chi connectivity index (χ4n) is 2.63. The van der Waals surface area contributed by atoms with Crippen molar-refractivity contribution in [3.05, 3.63) is 45.9 Å². The average molecular weight is 361 g/mol. The molecule has 2 aromatic rings. The van der Waals surface area contributed by atoms with Crippen LogP contribution in [0.15, 0.2) is 34.6 Å². The molecule has 0 aliphatic heterocycles. The van der Waals surface area contributed by atoms with Gasteiger partial charge in [-0.1, -0.05) is 26.0 Å². The number of aliphatic imine (C=N–C) groups is 1. The molecule has 0 aliphatic rings. The smallest absolute Gasteiger partial charge is 0.193 e. The van der Waals surface area contributed by atoms with Crippen LogP contribution < -0.4 is 10.1 Å². The fourth-order valence-corrected chi connectivity index (χ4v) is 3.23. The summed E-state index contributed by atoms with van der Waals surface area (Å²) in [6.07, 6.45) is 0. The van der Waals surface area contributed by atoms with Crippen LogP contribution in [0.4, 0.5) is 0 Å². The van der Waals surface area contributed by atoms with Crippen LogP contribution in [0.5, 0.6) is 5.75 Å². The number of rotatable bonds is 6. The third-order valence-electron chi connectivity index (χ3n) is 4.18. The largest absolute Gasteiger partial charge is 0.497 e. The van der Waals surface area contributed by atoms with Crippen molar-refractivity contribution >= 4 is 17.3 Å². The molecular formula is C19H28N4OS. The van der Waals surface area contributed by atoms with Crippen molar-refractivity contribution < 1.29 is 4.74 Å². The number of hydrogen-bond donors (Lipinski definition) is 1. The number of nitrogens with one attached hydrogen (secondary N) is 1. The molecule has 25 heavy (non-hydrogen) atoms. The molecule has 0 aliphatic carbocycles. The van der Waals surface area contributed by atoms with Crippen molar-refractivity contribution in [3.8, 4) is 5.75 Å². The number of aromatic nitrogens is 1. The zero-order valence-electron chi connectivity index (χ0n) is 16.0. The minimum Gasteiger partial charge on any atom is -0.497 e. The molecule has 0 fully saturated rings. The van der Waals surface area contributed by atoms with Crippen molar-refractivity contribution in [3.63, 3.8) is 0 Å². The van der Waals surface area contributed by atoms with Crippen LogP contribution in [0.3, 0.4) is 0 Å². The van der Waals surface area contributed by atoms with E-state index in [2.05, 4.69) is 51.6 Å². The van der Waals surface area contributed by atoms with E-state index in [4.69, 9.17) is 4.74 Å². The molecule has 6 heteroatoms. The topological polar surface area (TPSA) is 49.8 Å². The molecular weight excluding hydrogens is 332 g/mol. The first-order valence-electron chi connectivity index (χ1n) is 8.33. The van der Waals surface area contributed by atoms with Crippen molar-refractivity contribution in [1.29, 1.82) is 0 Å². The number of nitrogens with zero attached hydrogens (tertiary/aromatic N) is 3. The summed E-state index contributed by atoms with van der Waals surface area (Å²) in [7, 11) is 5.54. The van der Waals surface area contributed by atoms with E-state index in [1.807, 2.05) is 33.2 Å². The molecule has 0 bridgehead atoms. The maximum absolute atomic E-state index is 5.35. The average Bonchev–Trinajstić information content (AvgIpc) is 3.00. The highest BCUT2D eigenvalue weighted by Crippen LogP contribution is 2.25. The van der Waals surface area contributed by atoms with E-state index in [1.165, 1.54) is 5.56 Å². The van der Waals surface area contributed by atoms with Crippen LogP contribution in [0.1, 0.15) is 30.1 Å². The molecule has 0 spiro atoms. The van der Waals surface area contributed by atoms with E-state index < -0.39 is 0 Å². The Kier molecular flexibility index (Phi) is 6.42. The van der Waals surface area contributed by atoms with E-state index in [-0.39, 0.29) is 5.41 Å². The lowest BCUT2D eigenvalue weighted by atomic mass is 9.84. The lowest BCUT2D eigenvalue weighted by Gasteiger charge is -2.29. The Hall–Kier alpha value is -2.08. The van der Waals surface area contributed by atoms with Crippen molar-refractivity contribution in [2.24, 2.45) is 4.99 Å². The van der Waals surface area contributed by atoms with E-state index in [0.29, 0.717) is 0 Å². The Morgan fingerprint density at radius 3 is 2.76 bits per heavy atom. The molecule has 1 aromatic heterocycles. The van der Waals surface area contributed by atoms with Gasteiger partial charge in [0.05, 0.1) is 24.4 Å². The Morgan fingerprint density at radius 2 is 2.16 bits per heavy atom. The van der Waals surface area contributed by atoms with Crippen LogP contribution in [0.2, 0.25) is 0 Å². The van der Waals surface area contributed by atoms with Gasteiger partial charge in [0, 0.05) is 31.4 Å². The van der Waals surface area contributed by atoms with Gasteiger partial charge in [0.25, 0.3) is 0 Å². The van der Waals surface area contributed by atoms with Crippen LogP contribution in [0.25, 0.3) is 0 Å². The highest BCUT2D eigenvalue weighted by atomic mass is 32.1. The third kappa shape index (κ3) is 5.19. The van der Waals surface area contributed by atoms with E-state index >= 15 is 0 Å². The number of hydrogen-bond acceptors (Lipinski definition) is 4. The van der Waals surface area contributed by atoms with Gasteiger partial charge in [0.2, 0.25) is 0 Å². The predicted molar refractivity (Wildman–Crippen MR) is 106 cm³/mol. The summed E-state index contributed by atoms with van der Waals surface area (Å²) in [6.45, 7) is 7.96. The number of thiazole rings is 1. The Bertz CT molecular complexity index is 724. The van der Waals surface area contributed by atoms with E-state index in [1.54, 1.807) is 18.4 Å². The maximum Gasteiger partial charge on any atom is 0.193 e. The Balaban J connectivity index is 2.01. The molecule has 0 amide bonds. The van der Waals surface area contributed by atoms with Gasteiger partial charge in [-0.2, -0.15) is 0 Å². The van der Waals surface area contributed by atoms with Gasteiger partial charge < -0.3 is 15.0 Å². The summed E-state index contributed by atoms with van der Waals surface area (Å²) in [5, 5.41) is 6.67. The molecule has 136 valence electrons. The lowest BCUT2D eigenvalue weighted by Crippen LogP contribution is -2.44. The molecule has 5 nitrogen and oxygen atoms in total. The number of methoxy groups -OCH3 is 1. The highest BCUT2D eigenvalue weighted by molar-refractivity contribution is 7.09. The van der Waals surface area contributed by atoms with Crippen molar-refractivity contribution in [2.75, 3.05) is 27.7 Å². The third-order valence-corrected chi connectivity index (χ3v) is 5.00. The number of guanidine groups is 1. The van der Waals surface area contributed by atoms with Gasteiger partial charge in [0.15, 0.2) is 5.96 Å². The second-order valence-electron chi connectivity index (χ2n) is 6.73. The maximum atomic E-state index is 5.35. The summed E-state index contributed by atoms with van der Waals surface area (Å²) in [5.41, 5.74) is 2.25. The first-order valence-corrected chi connectivity index (χ1v) is 9.21. The van der Waals surface area contributed by atoms with Gasteiger partial charge in [-0.25, -0.2) is 4.98 Å². The summed E-state index contributed by atoms with van der Waals surface area (Å²) in [5.74, 6) is 1.74. The molecule has 0 saturated carbocycles. The van der Waals surface area contributed by atoms with Gasteiger partial charge in [0.1, 0.15) is 5.75 Å². The summed E-state index contributed by atoms with van der Waals surface area (Å²) in [6, 6.07) is 8.22. The van der Waals surface area contributed by atoms with Gasteiger partial charge >= 0.3 is 0 Å². The van der Waals surface area contributed by atoms with Crippen LogP contribution in [0, 0.1) is 6.92 Å². The van der Waals surface area contributed by atoms with Crippen LogP contribution in [-0.4, -0.2) is 43.6 Å². The van der Waals surface area contributed by atoms with E-state index in [9.17, 15) is 0 Å². The normalized spacial score (nSPS) is 12.2. The zero-order valence-corrected chi connectivity index (χ0v) is 16.8. The van der Waals surface area contributed by atoms with Crippen molar-refractivity contribution in [2.45, 2.75) is 32.7 Å². The minimum atomic E-state index is -0.0530. The van der Waals surface area contributed by atoms with Gasteiger partial charge in [-0.15, -0.1) is 11.3 Å². The van der Waals surface area contributed by atoms with E-state index in [0.717, 1.165) is 35.5 Å². The first kappa shape index (κ1) is 19.2. The lowest BCUT2D eigenvalue weighted by molar-refractivity contribution is 0.410. The molecule has 1 N–H and O–H groups in total. The molecule has 0 radical (unpaired) electrons. The second kappa shape index (κ2) is 8.34. The predicted octanol–water partition coefficient (Wildman–Crippen LogP) is 3.45. The standard InChI is InChI=1S/C19H28N4OS/c1-14-22-16(12-25-14)11-23(5)18(20-4)21-13-19(2,3)15-8-7-9-17(10-15)24-6/h7-10,12H,11,13H2,1-6H3,(H,20,21).